The molecule has 1 fully saturated rings. The normalized spacial score (nSPS) is 23.0. The highest BCUT2D eigenvalue weighted by atomic mass is 16.1. The number of aromatic nitrogens is 1. The van der Waals surface area contributed by atoms with Crippen LogP contribution in [0.25, 0.3) is 0 Å². The van der Waals surface area contributed by atoms with Crippen LogP contribution in [0.4, 0.5) is 5.69 Å². The molecular weight excluding hydrogens is 266 g/mol. The van der Waals surface area contributed by atoms with Crippen molar-refractivity contribution in [1.82, 2.24) is 21.2 Å². The van der Waals surface area contributed by atoms with Crippen LogP contribution in [0.1, 0.15) is 33.1 Å². The monoisotopic (exact) mass is 291 g/mol. The average Bonchev–Trinajstić information content (AvgIpc) is 2.85. The lowest BCUT2D eigenvalue weighted by atomic mass is 10.0. The van der Waals surface area contributed by atoms with Gasteiger partial charge in [0.25, 0.3) is 0 Å². The zero-order chi connectivity index (χ0) is 15.1. The Morgan fingerprint density at radius 3 is 3.05 bits per heavy atom. The molecule has 0 aromatic carbocycles. The maximum Gasteiger partial charge on any atom is 0.225 e. The average molecular weight is 291 g/mol. The van der Waals surface area contributed by atoms with Crippen LogP contribution >= 0.6 is 0 Å². The maximum atomic E-state index is 11.8. The van der Waals surface area contributed by atoms with E-state index in [9.17, 15) is 4.79 Å². The lowest BCUT2D eigenvalue weighted by Crippen LogP contribution is -2.38. The van der Waals surface area contributed by atoms with E-state index in [1.54, 1.807) is 18.5 Å². The van der Waals surface area contributed by atoms with Gasteiger partial charge in [0, 0.05) is 37.3 Å². The first kappa shape index (κ1) is 15.9. The molecule has 1 aromatic rings. The molecule has 116 valence electrons. The van der Waals surface area contributed by atoms with E-state index in [-0.39, 0.29) is 5.91 Å². The molecule has 1 aliphatic rings. The number of hydrogen-bond acceptors (Lipinski definition) is 5. The standard InChI is InChI=1S/C15H25N5O/c1-11(8-14-9-12(2)19-20-14)17-7-5-15(21)18-13-4-3-6-16-10-13/h3-4,6,10-12,14,17,19-20H,5,7-9H2,1-2H3,(H,18,21). The molecule has 2 rings (SSSR count). The van der Waals surface area contributed by atoms with Gasteiger partial charge in [-0.05, 0) is 38.8 Å². The summed E-state index contributed by atoms with van der Waals surface area (Å²) in [5.41, 5.74) is 7.26. The number of rotatable bonds is 7. The number of hydrogen-bond donors (Lipinski definition) is 4. The van der Waals surface area contributed by atoms with E-state index in [1.807, 2.05) is 6.07 Å². The van der Waals surface area contributed by atoms with Gasteiger partial charge in [0.1, 0.15) is 0 Å². The second-order valence-electron chi connectivity index (χ2n) is 5.75. The zero-order valence-electron chi connectivity index (χ0n) is 12.7. The molecule has 0 spiro atoms. The SMILES string of the molecule is CC(CC1CC(C)NN1)NCCC(=O)Nc1cccnc1. The van der Waals surface area contributed by atoms with Crippen LogP contribution in [0.5, 0.6) is 0 Å². The van der Waals surface area contributed by atoms with Gasteiger partial charge in [0.05, 0.1) is 11.9 Å². The Morgan fingerprint density at radius 2 is 2.38 bits per heavy atom. The van der Waals surface area contributed by atoms with Crippen molar-refractivity contribution in [3.8, 4) is 0 Å². The van der Waals surface area contributed by atoms with E-state index >= 15 is 0 Å². The van der Waals surface area contributed by atoms with Crippen LogP contribution in [0.3, 0.4) is 0 Å². The number of nitrogens with zero attached hydrogens (tertiary/aromatic N) is 1. The first-order chi connectivity index (χ1) is 10.1. The summed E-state index contributed by atoms with van der Waals surface area (Å²) >= 11 is 0. The molecule has 1 saturated heterocycles. The molecule has 21 heavy (non-hydrogen) atoms. The Labute approximate surface area is 126 Å². The summed E-state index contributed by atoms with van der Waals surface area (Å²) in [5, 5.41) is 6.23. The summed E-state index contributed by atoms with van der Waals surface area (Å²) in [6, 6.07) is 5.07. The molecule has 0 radical (unpaired) electrons. The number of nitrogens with one attached hydrogen (secondary N) is 4. The topological polar surface area (TPSA) is 78.1 Å². The van der Waals surface area contributed by atoms with Gasteiger partial charge >= 0.3 is 0 Å². The van der Waals surface area contributed by atoms with Crippen molar-refractivity contribution in [1.29, 1.82) is 0 Å². The van der Waals surface area contributed by atoms with Crippen LogP contribution < -0.4 is 21.5 Å². The van der Waals surface area contributed by atoms with Gasteiger partial charge in [-0.15, -0.1) is 0 Å². The Kier molecular flexibility index (Phi) is 6.10. The van der Waals surface area contributed by atoms with Gasteiger partial charge < -0.3 is 10.6 Å². The fourth-order valence-corrected chi connectivity index (χ4v) is 2.56. The zero-order valence-corrected chi connectivity index (χ0v) is 12.7. The summed E-state index contributed by atoms with van der Waals surface area (Å²) < 4.78 is 0. The molecule has 0 bridgehead atoms. The van der Waals surface area contributed by atoms with Crippen LogP contribution in [0.2, 0.25) is 0 Å². The van der Waals surface area contributed by atoms with Crippen molar-refractivity contribution >= 4 is 11.6 Å². The third-order valence-electron chi connectivity index (χ3n) is 3.60. The highest BCUT2D eigenvalue weighted by Crippen LogP contribution is 2.10. The Hall–Kier alpha value is -1.50. The van der Waals surface area contributed by atoms with Crippen LogP contribution in [0, 0.1) is 0 Å². The van der Waals surface area contributed by atoms with Crippen LogP contribution in [-0.2, 0) is 4.79 Å². The molecule has 4 N–H and O–H groups in total. The summed E-state index contributed by atoms with van der Waals surface area (Å²) in [6.45, 7) is 5.01. The minimum atomic E-state index is 0.0111. The predicted octanol–water partition coefficient (Wildman–Crippen LogP) is 1.03. The fraction of sp³-hybridized carbons (Fsp3) is 0.600. The molecule has 0 saturated carbocycles. The molecular formula is C15H25N5O. The summed E-state index contributed by atoms with van der Waals surface area (Å²) in [7, 11) is 0. The summed E-state index contributed by atoms with van der Waals surface area (Å²) in [5.74, 6) is 0.0111. The molecule has 3 atom stereocenters. The van der Waals surface area contributed by atoms with Gasteiger partial charge in [0.2, 0.25) is 5.91 Å². The number of amides is 1. The van der Waals surface area contributed by atoms with Gasteiger partial charge in [-0.2, -0.15) is 0 Å². The van der Waals surface area contributed by atoms with E-state index in [2.05, 4.69) is 40.3 Å². The molecule has 3 unspecified atom stereocenters. The van der Waals surface area contributed by atoms with Crippen molar-refractivity contribution in [2.24, 2.45) is 0 Å². The predicted molar refractivity (Wildman–Crippen MR) is 83.7 cm³/mol. The van der Waals surface area contributed by atoms with Crippen molar-refractivity contribution < 1.29 is 4.79 Å². The highest BCUT2D eigenvalue weighted by Gasteiger charge is 2.21. The second-order valence-corrected chi connectivity index (χ2v) is 5.75. The quantitative estimate of drug-likeness (QED) is 0.604. The fourth-order valence-electron chi connectivity index (χ4n) is 2.56. The molecule has 0 aliphatic carbocycles. The number of anilines is 1. The van der Waals surface area contributed by atoms with Crippen molar-refractivity contribution in [3.63, 3.8) is 0 Å². The Bertz CT molecular complexity index is 439. The third-order valence-corrected chi connectivity index (χ3v) is 3.60. The Morgan fingerprint density at radius 1 is 1.52 bits per heavy atom. The summed E-state index contributed by atoms with van der Waals surface area (Å²) in [4.78, 5) is 15.7. The van der Waals surface area contributed by atoms with E-state index < -0.39 is 0 Å². The lowest BCUT2D eigenvalue weighted by molar-refractivity contribution is -0.116. The molecule has 6 heteroatoms. The number of pyridine rings is 1. The third kappa shape index (κ3) is 5.79. The smallest absolute Gasteiger partial charge is 0.225 e. The maximum absolute atomic E-state index is 11.8. The Balaban J connectivity index is 1.59. The molecule has 1 aliphatic heterocycles. The molecule has 6 nitrogen and oxygen atoms in total. The minimum Gasteiger partial charge on any atom is -0.325 e. The van der Waals surface area contributed by atoms with Gasteiger partial charge in [-0.1, -0.05) is 0 Å². The van der Waals surface area contributed by atoms with E-state index in [0.717, 1.165) is 18.5 Å². The molecule has 1 aromatic heterocycles. The number of carbonyl (C=O) groups excluding carboxylic acids is 1. The van der Waals surface area contributed by atoms with Gasteiger partial charge in [-0.3, -0.25) is 20.6 Å². The molecule has 2 heterocycles. The van der Waals surface area contributed by atoms with E-state index in [1.165, 1.54) is 0 Å². The first-order valence-electron chi connectivity index (χ1n) is 7.58. The largest absolute Gasteiger partial charge is 0.325 e. The summed E-state index contributed by atoms with van der Waals surface area (Å²) in [6.07, 6.45) is 6.00. The second kappa shape index (κ2) is 8.07. The van der Waals surface area contributed by atoms with Crippen molar-refractivity contribution in [2.75, 3.05) is 11.9 Å². The lowest BCUT2D eigenvalue weighted by Gasteiger charge is -2.17. The van der Waals surface area contributed by atoms with Crippen LogP contribution in [0.15, 0.2) is 24.5 Å². The van der Waals surface area contributed by atoms with E-state index in [0.29, 0.717) is 31.1 Å². The van der Waals surface area contributed by atoms with E-state index in [4.69, 9.17) is 0 Å². The van der Waals surface area contributed by atoms with Gasteiger partial charge in [-0.25, -0.2) is 0 Å². The van der Waals surface area contributed by atoms with Gasteiger partial charge in [0.15, 0.2) is 0 Å². The minimum absolute atomic E-state index is 0.0111. The first-order valence-corrected chi connectivity index (χ1v) is 7.58. The van der Waals surface area contributed by atoms with Crippen molar-refractivity contribution in [2.45, 2.75) is 51.2 Å². The molecule has 1 amide bonds. The van der Waals surface area contributed by atoms with Crippen LogP contribution in [-0.4, -0.2) is 35.6 Å². The number of hydrazine groups is 1. The number of carbonyl (C=O) groups is 1. The van der Waals surface area contributed by atoms with Crippen molar-refractivity contribution in [3.05, 3.63) is 24.5 Å². The highest BCUT2D eigenvalue weighted by molar-refractivity contribution is 5.90.